The lowest BCUT2D eigenvalue weighted by Crippen LogP contribution is -2.22. The van der Waals surface area contributed by atoms with E-state index in [1.165, 1.54) is 10.6 Å². The Hall–Kier alpha value is -1.78. The monoisotopic (exact) mass is 196 g/mol. The molecule has 0 aliphatic heterocycles. The number of hydrogen-bond acceptors (Lipinski definition) is 2. The van der Waals surface area contributed by atoms with Crippen LogP contribution in [0.2, 0.25) is 0 Å². The first-order valence-electron chi connectivity index (χ1n) is 4.30. The van der Waals surface area contributed by atoms with Gasteiger partial charge in [-0.1, -0.05) is 6.08 Å². The van der Waals surface area contributed by atoms with Crippen LogP contribution in [-0.4, -0.2) is 20.2 Å². The summed E-state index contributed by atoms with van der Waals surface area (Å²) in [7, 11) is 0. The van der Waals surface area contributed by atoms with E-state index in [-0.39, 0.29) is 12.2 Å². The summed E-state index contributed by atoms with van der Waals surface area (Å²) >= 11 is 0. The molecule has 0 aliphatic rings. The molecule has 0 saturated heterocycles. The highest BCUT2D eigenvalue weighted by Gasteiger charge is 1.98. The molecular formula is C9H12N2O3. The quantitative estimate of drug-likeness (QED) is 0.705. The lowest BCUT2D eigenvalue weighted by atomic mass is 10.5. The van der Waals surface area contributed by atoms with Gasteiger partial charge in [0.15, 0.2) is 0 Å². The first-order chi connectivity index (χ1) is 6.65. The van der Waals surface area contributed by atoms with E-state index in [1.807, 2.05) is 6.92 Å². The molecule has 0 unspecified atom stereocenters. The number of carboxylic acids is 1. The first-order valence-corrected chi connectivity index (χ1v) is 4.30. The fourth-order valence-corrected chi connectivity index (χ4v) is 1.10. The van der Waals surface area contributed by atoms with Crippen molar-refractivity contribution in [1.29, 1.82) is 0 Å². The number of nitrogens with zero attached hydrogens (tertiary/aromatic N) is 2. The van der Waals surface area contributed by atoms with Crippen LogP contribution in [0.25, 0.3) is 0 Å². The van der Waals surface area contributed by atoms with Gasteiger partial charge in [-0.3, -0.25) is 9.13 Å². The van der Waals surface area contributed by atoms with E-state index in [2.05, 4.69) is 0 Å². The number of aromatic nitrogens is 2. The summed E-state index contributed by atoms with van der Waals surface area (Å²) in [5.41, 5.74) is -0.123. The SMILES string of the molecule is CCn1ccn(C/C=C/C(=O)O)c1=O. The van der Waals surface area contributed by atoms with E-state index < -0.39 is 5.97 Å². The molecule has 0 spiro atoms. The zero-order chi connectivity index (χ0) is 10.6. The van der Waals surface area contributed by atoms with Crippen molar-refractivity contribution in [3.05, 3.63) is 35.0 Å². The van der Waals surface area contributed by atoms with Gasteiger partial charge in [0, 0.05) is 31.6 Å². The summed E-state index contributed by atoms with van der Waals surface area (Å²) in [6.07, 6.45) is 5.77. The molecule has 1 rings (SSSR count). The standard InChI is InChI=1S/C9H12N2O3/c1-2-10-6-7-11(9(10)14)5-3-4-8(12)13/h3-4,6-7H,2,5H2,1H3,(H,12,13)/b4-3+. The molecule has 0 aromatic carbocycles. The third-order valence-corrected chi connectivity index (χ3v) is 1.82. The zero-order valence-corrected chi connectivity index (χ0v) is 7.88. The molecule has 0 fully saturated rings. The van der Waals surface area contributed by atoms with Crippen LogP contribution in [0.15, 0.2) is 29.3 Å². The number of hydrogen-bond donors (Lipinski definition) is 1. The molecule has 76 valence electrons. The highest BCUT2D eigenvalue weighted by molar-refractivity contribution is 5.79. The highest BCUT2D eigenvalue weighted by Crippen LogP contribution is 1.86. The number of aryl methyl sites for hydroxylation is 1. The predicted octanol–water partition coefficient (Wildman–Crippen LogP) is 0.310. The van der Waals surface area contributed by atoms with Crippen LogP contribution in [-0.2, 0) is 17.9 Å². The second-order valence-corrected chi connectivity index (χ2v) is 2.76. The lowest BCUT2D eigenvalue weighted by Gasteiger charge is -1.94. The van der Waals surface area contributed by atoms with Crippen molar-refractivity contribution >= 4 is 5.97 Å². The molecular weight excluding hydrogens is 184 g/mol. The Morgan fingerprint density at radius 3 is 2.64 bits per heavy atom. The number of imidazole rings is 1. The molecule has 1 N–H and O–H groups in total. The maximum absolute atomic E-state index is 11.4. The summed E-state index contributed by atoms with van der Waals surface area (Å²) in [6.45, 7) is 2.78. The normalized spacial score (nSPS) is 10.9. The van der Waals surface area contributed by atoms with E-state index in [4.69, 9.17) is 5.11 Å². The van der Waals surface area contributed by atoms with Gasteiger partial charge in [-0.15, -0.1) is 0 Å². The van der Waals surface area contributed by atoms with Gasteiger partial charge >= 0.3 is 11.7 Å². The largest absolute Gasteiger partial charge is 0.478 e. The van der Waals surface area contributed by atoms with Crippen molar-refractivity contribution in [1.82, 2.24) is 9.13 Å². The number of rotatable bonds is 4. The molecule has 0 aliphatic carbocycles. The fourth-order valence-electron chi connectivity index (χ4n) is 1.10. The van der Waals surface area contributed by atoms with Crippen LogP contribution >= 0.6 is 0 Å². The number of carboxylic acid groups (broad SMARTS) is 1. The highest BCUT2D eigenvalue weighted by atomic mass is 16.4. The van der Waals surface area contributed by atoms with Gasteiger partial charge in [0.05, 0.1) is 0 Å². The van der Waals surface area contributed by atoms with Gasteiger partial charge in [0.1, 0.15) is 0 Å². The Morgan fingerprint density at radius 2 is 2.14 bits per heavy atom. The minimum atomic E-state index is -1.01. The van der Waals surface area contributed by atoms with Gasteiger partial charge in [-0.25, -0.2) is 9.59 Å². The van der Waals surface area contributed by atoms with E-state index in [0.29, 0.717) is 6.54 Å². The van der Waals surface area contributed by atoms with Crippen LogP contribution in [0.5, 0.6) is 0 Å². The molecule has 5 nitrogen and oxygen atoms in total. The summed E-state index contributed by atoms with van der Waals surface area (Å²) in [5.74, 6) is -1.01. The van der Waals surface area contributed by atoms with Crippen molar-refractivity contribution in [2.24, 2.45) is 0 Å². The van der Waals surface area contributed by atoms with Crippen molar-refractivity contribution in [2.75, 3.05) is 0 Å². The van der Waals surface area contributed by atoms with Crippen LogP contribution < -0.4 is 5.69 Å². The Balaban J connectivity index is 2.73. The minimum Gasteiger partial charge on any atom is -0.478 e. The molecule has 0 amide bonds. The zero-order valence-electron chi connectivity index (χ0n) is 7.88. The summed E-state index contributed by atoms with van der Waals surface area (Å²) < 4.78 is 3.00. The summed E-state index contributed by atoms with van der Waals surface area (Å²) in [6, 6.07) is 0. The first kappa shape index (κ1) is 10.3. The topological polar surface area (TPSA) is 64.2 Å². The Labute approximate surface area is 80.9 Å². The summed E-state index contributed by atoms with van der Waals surface area (Å²) in [4.78, 5) is 21.6. The van der Waals surface area contributed by atoms with E-state index in [0.717, 1.165) is 6.08 Å². The lowest BCUT2D eigenvalue weighted by molar-refractivity contribution is -0.131. The molecule has 0 radical (unpaired) electrons. The van der Waals surface area contributed by atoms with Crippen LogP contribution in [0, 0.1) is 0 Å². The van der Waals surface area contributed by atoms with E-state index >= 15 is 0 Å². The Kier molecular flexibility index (Phi) is 3.28. The maximum atomic E-state index is 11.4. The van der Waals surface area contributed by atoms with Gasteiger partial charge < -0.3 is 5.11 Å². The minimum absolute atomic E-state index is 0.123. The van der Waals surface area contributed by atoms with Gasteiger partial charge in [0.2, 0.25) is 0 Å². The third-order valence-electron chi connectivity index (χ3n) is 1.82. The number of allylic oxidation sites excluding steroid dienone is 1. The molecule has 0 bridgehead atoms. The Bertz CT molecular complexity index is 400. The van der Waals surface area contributed by atoms with Crippen molar-refractivity contribution in [2.45, 2.75) is 20.0 Å². The molecule has 14 heavy (non-hydrogen) atoms. The average Bonchev–Trinajstić information content (AvgIpc) is 2.47. The summed E-state index contributed by atoms with van der Waals surface area (Å²) in [5, 5.41) is 8.33. The predicted molar refractivity (Wildman–Crippen MR) is 51.1 cm³/mol. The van der Waals surface area contributed by atoms with Gasteiger partial charge in [0.25, 0.3) is 0 Å². The molecule has 1 aromatic rings. The number of carbonyl (C=O) groups is 1. The smallest absolute Gasteiger partial charge is 0.328 e. The second kappa shape index (κ2) is 4.45. The molecule has 1 aromatic heterocycles. The van der Waals surface area contributed by atoms with E-state index in [1.54, 1.807) is 17.0 Å². The maximum Gasteiger partial charge on any atom is 0.328 e. The molecule has 0 saturated carbocycles. The third kappa shape index (κ3) is 2.35. The van der Waals surface area contributed by atoms with Crippen LogP contribution in [0.3, 0.4) is 0 Å². The molecule has 1 heterocycles. The van der Waals surface area contributed by atoms with Gasteiger partial charge in [-0.2, -0.15) is 0 Å². The van der Waals surface area contributed by atoms with Crippen molar-refractivity contribution < 1.29 is 9.90 Å². The second-order valence-electron chi connectivity index (χ2n) is 2.76. The fraction of sp³-hybridized carbons (Fsp3) is 0.333. The molecule has 5 heteroatoms. The van der Waals surface area contributed by atoms with Crippen molar-refractivity contribution in [3.8, 4) is 0 Å². The molecule has 0 atom stereocenters. The van der Waals surface area contributed by atoms with Crippen LogP contribution in [0.4, 0.5) is 0 Å². The van der Waals surface area contributed by atoms with Crippen molar-refractivity contribution in [3.63, 3.8) is 0 Å². The van der Waals surface area contributed by atoms with Gasteiger partial charge in [-0.05, 0) is 6.92 Å². The van der Waals surface area contributed by atoms with Crippen LogP contribution in [0.1, 0.15) is 6.92 Å². The van der Waals surface area contributed by atoms with E-state index in [9.17, 15) is 9.59 Å². The Morgan fingerprint density at radius 1 is 1.50 bits per heavy atom. The average molecular weight is 196 g/mol. The number of aliphatic carboxylic acids is 1.